The smallest absolute Gasteiger partial charge is 0.246 e. The van der Waals surface area contributed by atoms with E-state index in [1.54, 1.807) is 29.2 Å². The summed E-state index contributed by atoms with van der Waals surface area (Å²) in [6, 6.07) is 8.52. The largest absolute Gasteiger partial charge is 0.329 e. The summed E-state index contributed by atoms with van der Waals surface area (Å²) in [4.78, 5) is 39.9. The van der Waals surface area contributed by atoms with Gasteiger partial charge in [-0.25, -0.2) is 0 Å². The molecular formula is C16H18N2O3. The van der Waals surface area contributed by atoms with Crippen molar-refractivity contribution in [2.75, 3.05) is 19.6 Å². The second-order valence-corrected chi connectivity index (χ2v) is 5.58. The lowest BCUT2D eigenvalue weighted by Gasteiger charge is -2.42. The summed E-state index contributed by atoms with van der Waals surface area (Å²) >= 11 is 0. The second kappa shape index (κ2) is 5.68. The van der Waals surface area contributed by atoms with E-state index in [0.29, 0.717) is 18.5 Å². The average Bonchev–Trinajstić information content (AvgIpc) is 2.53. The Balaban J connectivity index is 1.72. The van der Waals surface area contributed by atoms with Crippen molar-refractivity contribution in [2.24, 2.45) is 0 Å². The number of carbonyl (C=O) groups excluding carboxylic acids is 3. The predicted molar refractivity (Wildman–Crippen MR) is 76.7 cm³/mol. The fraction of sp³-hybridized carbons (Fsp3) is 0.438. The van der Waals surface area contributed by atoms with E-state index in [-0.39, 0.29) is 36.7 Å². The van der Waals surface area contributed by atoms with Gasteiger partial charge in [-0.05, 0) is 19.3 Å². The van der Waals surface area contributed by atoms with E-state index >= 15 is 0 Å². The molecule has 5 nitrogen and oxygen atoms in total. The number of rotatable bonds is 3. The van der Waals surface area contributed by atoms with Crippen LogP contribution in [0.4, 0.5) is 0 Å². The molecule has 5 heteroatoms. The minimum atomic E-state index is -0.358. The summed E-state index contributed by atoms with van der Waals surface area (Å²) in [5.41, 5.74) is 0.573. The quantitative estimate of drug-likeness (QED) is 0.782. The van der Waals surface area contributed by atoms with Crippen molar-refractivity contribution in [1.29, 1.82) is 0 Å². The first-order chi connectivity index (χ1) is 10.2. The Morgan fingerprint density at radius 1 is 1.14 bits per heavy atom. The van der Waals surface area contributed by atoms with Crippen molar-refractivity contribution >= 4 is 17.6 Å². The molecule has 2 saturated heterocycles. The first-order valence-corrected chi connectivity index (χ1v) is 7.33. The molecule has 0 spiro atoms. The topological polar surface area (TPSA) is 57.7 Å². The third-order valence-electron chi connectivity index (χ3n) is 4.18. The monoisotopic (exact) mass is 286 g/mol. The third kappa shape index (κ3) is 2.68. The molecule has 0 radical (unpaired) electrons. The highest BCUT2D eigenvalue weighted by Gasteiger charge is 2.40. The molecule has 1 aromatic carbocycles. The number of ketones is 1. The lowest BCUT2D eigenvalue weighted by Crippen LogP contribution is -2.61. The third-order valence-corrected chi connectivity index (χ3v) is 4.18. The zero-order chi connectivity index (χ0) is 14.8. The molecule has 0 N–H and O–H groups in total. The minimum absolute atomic E-state index is 0.0150. The predicted octanol–water partition coefficient (Wildman–Crippen LogP) is 1.09. The van der Waals surface area contributed by atoms with Crippen LogP contribution in [0.2, 0.25) is 0 Å². The lowest BCUT2D eigenvalue weighted by atomic mass is 9.98. The number of hydrogen-bond acceptors (Lipinski definition) is 3. The number of hydrogen-bond donors (Lipinski definition) is 0. The molecule has 2 fully saturated rings. The first kappa shape index (κ1) is 13.8. The maximum absolute atomic E-state index is 12.5. The molecule has 2 heterocycles. The molecule has 21 heavy (non-hydrogen) atoms. The van der Waals surface area contributed by atoms with Crippen LogP contribution in [0.15, 0.2) is 30.3 Å². The summed E-state index contributed by atoms with van der Waals surface area (Å²) in [7, 11) is 0. The minimum Gasteiger partial charge on any atom is -0.329 e. The van der Waals surface area contributed by atoms with Crippen molar-refractivity contribution in [2.45, 2.75) is 25.3 Å². The van der Waals surface area contributed by atoms with E-state index in [2.05, 4.69) is 0 Å². The summed E-state index contributed by atoms with van der Waals surface area (Å²) < 4.78 is 0. The van der Waals surface area contributed by atoms with Crippen LogP contribution in [0.25, 0.3) is 0 Å². The molecule has 110 valence electrons. The molecule has 2 amide bonds. The van der Waals surface area contributed by atoms with Crippen molar-refractivity contribution in [3.05, 3.63) is 35.9 Å². The fourth-order valence-electron chi connectivity index (χ4n) is 3.05. The normalized spacial score (nSPS) is 22.2. The van der Waals surface area contributed by atoms with Gasteiger partial charge in [0.2, 0.25) is 11.8 Å². The van der Waals surface area contributed by atoms with E-state index in [1.165, 1.54) is 4.90 Å². The summed E-state index contributed by atoms with van der Waals surface area (Å²) in [5, 5.41) is 0. The number of fused-ring (bicyclic) bond motifs is 1. The number of amides is 2. The van der Waals surface area contributed by atoms with E-state index in [0.717, 1.165) is 12.8 Å². The van der Waals surface area contributed by atoms with Crippen molar-refractivity contribution in [3.8, 4) is 0 Å². The van der Waals surface area contributed by atoms with Gasteiger partial charge in [-0.3, -0.25) is 14.4 Å². The standard InChI is InChI=1S/C16H18N2O3/c19-14(12-6-2-1-3-7-12)10-17-11-15(20)18-9-5-4-8-13(18)16(17)21/h1-3,6-7,13H,4-5,8-11H2. The maximum atomic E-state index is 12.5. The van der Waals surface area contributed by atoms with Gasteiger partial charge in [0.1, 0.15) is 12.6 Å². The van der Waals surface area contributed by atoms with Gasteiger partial charge in [0.25, 0.3) is 0 Å². The molecule has 1 aromatic rings. The van der Waals surface area contributed by atoms with Gasteiger partial charge in [0.15, 0.2) is 5.78 Å². The zero-order valence-electron chi connectivity index (χ0n) is 11.8. The van der Waals surface area contributed by atoms with Crippen LogP contribution < -0.4 is 0 Å². The van der Waals surface area contributed by atoms with Gasteiger partial charge in [0.05, 0.1) is 6.54 Å². The Morgan fingerprint density at radius 3 is 2.67 bits per heavy atom. The van der Waals surface area contributed by atoms with E-state index in [9.17, 15) is 14.4 Å². The summed E-state index contributed by atoms with van der Waals surface area (Å²) in [5.74, 6) is -0.250. The van der Waals surface area contributed by atoms with Crippen LogP contribution in [-0.4, -0.2) is 53.1 Å². The molecule has 2 aliphatic heterocycles. The van der Waals surface area contributed by atoms with Crippen molar-refractivity contribution in [1.82, 2.24) is 9.80 Å². The first-order valence-electron chi connectivity index (χ1n) is 7.33. The Hall–Kier alpha value is -2.17. The molecular weight excluding hydrogens is 268 g/mol. The molecule has 0 aliphatic carbocycles. The number of benzene rings is 1. The molecule has 0 saturated carbocycles. The number of nitrogens with zero attached hydrogens (tertiary/aromatic N) is 2. The summed E-state index contributed by atoms with van der Waals surface area (Å²) in [6.07, 6.45) is 2.62. The molecule has 1 unspecified atom stereocenters. The number of piperazine rings is 1. The van der Waals surface area contributed by atoms with Crippen LogP contribution in [-0.2, 0) is 9.59 Å². The number of piperidine rings is 1. The highest BCUT2D eigenvalue weighted by molar-refractivity contribution is 6.02. The number of Topliss-reactive ketones (excluding diaryl/α,β-unsaturated/α-hetero) is 1. The van der Waals surface area contributed by atoms with E-state index in [1.807, 2.05) is 6.07 Å². The molecule has 1 atom stereocenters. The Labute approximate surface area is 123 Å². The van der Waals surface area contributed by atoms with Crippen LogP contribution >= 0.6 is 0 Å². The highest BCUT2D eigenvalue weighted by Crippen LogP contribution is 2.23. The molecule has 3 rings (SSSR count). The maximum Gasteiger partial charge on any atom is 0.246 e. The van der Waals surface area contributed by atoms with Crippen LogP contribution in [0.1, 0.15) is 29.6 Å². The Kier molecular flexibility index (Phi) is 3.73. The van der Waals surface area contributed by atoms with Gasteiger partial charge in [0, 0.05) is 12.1 Å². The van der Waals surface area contributed by atoms with Crippen LogP contribution in [0, 0.1) is 0 Å². The zero-order valence-corrected chi connectivity index (χ0v) is 11.8. The molecule has 2 aliphatic rings. The SMILES string of the molecule is O=C(CN1CC(=O)N2CCCCC2C1=O)c1ccccc1. The van der Waals surface area contributed by atoms with Crippen molar-refractivity contribution in [3.63, 3.8) is 0 Å². The van der Waals surface area contributed by atoms with E-state index < -0.39 is 0 Å². The van der Waals surface area contributed by atoms with E-state index in [4.69, 9.17) is 0 Å². The van der Waals surface area contributed by atoms with Gasteiger partial charge >= 0.3 is 0 Å². The summed E-state index contributed by atoms with van der Waals surface area (Å²) in [6.45, 7) is 0.669. The Morgan fingerprint density at radius 2 is 1.90 bits per heavy atom. The van der Waals surface area contributed by atoms with Gasteiger partial charge < -0.3 is 9.80 Å². The van der Waals surface area contributed by atoms with Crippen LogP contribution in [0.3, 0.4) is 0 Å². The average molecular weight is 286 g/mol. The van der Waals surface area contributed by atoms with Crippen LogP contribution in [0.5, 0.6) is 0 Å². The lowest BCUT2D eigenvalue weighted by molar-refractivity contribution is -0.157. The van der Waals surface area contributed by atoms with Crippen molar-refractivity contribution < 1.29 is 14.4 Å². The van der Waals surface area contributed by atoms with Gasteiger partial charge in [-0.2, -0.15) is 0 Å². The highest BCUT2D eigenvalue weighted by atomic mass is 16.2. The van der Waals surface area contributed by atoms with Gasteiger partial charge in [-0.1, -0.05) is 30.3 Å². The number of carbonyl (C=O) groups is 3. The fourth-order valence-corrected chi connectivity index (χ4v) is 3.05. The molecule has 0 aromatic heterocycles. The second-order valence-electron chi connectivity index (χ2n) is 5.58. The Bertz CT molecular complexity index is 570. The molecule has 0 bridgehead atoms. The van der Waals surface area contributed by atoms with Gasteiger partial charge in [-0.15, -0.1) is 0 Å².